The Labute approximate surface area is 167 Å². The number of unbranched alkanes of at least 4 members (excludes halogenated alkanes) is 1. The SMILES string of the molecule is CCCCN1CCN(c2cccc3c2Cc2c-3[nH]c(=O)c3c2CCCC3)CC1. The first kappa shape index (κ1) is 18.0. The van der Waals surface area contributed by atoms with Crippen LogP contribution in [0, 0.1) is 0 Å². The number of nitrogens with zero attached hydrogens (tertiary/aromatic N) is 2. The van der Waals surface area contributed by atoms with Gasteiger partial charge in [0.05, 0.1) is 5.69 Å². The third kappa shape index (κ3) is 2.98. The lowest BCUT2D eigenvalue weighted by molar-refractivity contribution is 0.254. The van der Waals surface area contributed by atoms with E-state index in [4.69, 9.17) is 0 Å². The van der Waals surface area contributed by atoms with Gasteiger partial charge < -0.3 is 9.88 Å². The van der Waals surface area contributed by atoms with E-state index < -0.39 is 0 Å². The van der Waals surface area contributed by atoms with E-state index >= 15 is 0 Å². The summed E-state index contributed by atoms with van der Waals surface area (Å²) >= 11 is 0. The number of rotatable bonds is 4. The number of fused-ring (bicyclic) bond motifs is 5. The van der Waals surface area contributed by atoms with Gasteiger partial charge in [-0.1, -0.05) is 25.5 Å². The highest BCUT2D eigenvalue weighted by Gasteiger charge is 2.30. The average Bonchev–Trinajstić information content (AvgIpc) is 3.12. The van der Waals surface area contributed by atoms with Gasteiger partial charge in [-0.25, -0.2) is 0 Å². The van der Waals surface area contributed by atoms with Gasteiger partial charge in [-0.15, -0.1) is 0 Å². The van der Waals surface area contributed by atoms with E-state index in [1.54, 1.807) is 0 Å². The van der Waals surface area contributed by atoms with Crippen LogP contribution in [0.5, 0.6) is 0 Å². The van der Waals surface area contributed by atoms with Crippen molar-refractivity contribution in [1.29, 1.82) is 0 Å². The standard InChI is InChI=1S/C24H31N3O/c1-2-3-11-26-12-14-27(15-13-26)22-10-6-9-18-20(22)16-21-17-7-4-5-8-19(17)24(28)25-23(18)21/h6,9-10H,2-5,7-8,11-16H2,1H3,(H,25,28). The molecule has 0 unspecified atom stereocenters. The number of piperazine rings is 1. The highest BCUT2D eigenvalue weighted by molar-refractivity contribution is 5.81. The van der Waals surface area contributed by atoms with Gasteiger partial charge in [-0.2, -0.15) is 0 Å². The molecule has 0 radical (unpaired) electrons. The van der Waals surface area contributed by atoms with Crippen LogP contribution in [0.4, 0.5) is 5.69 Å². The van der Waals surface area contributed by atoms with Crippen LogP contribution < -0.4 is 10.5 Å². The van der Waals surface area contributed by atoms with Crippen molar-refractivity contribution >= 4 is 5.69 Å². The number of nitrogens with one attached hydrogen (secondary N) is 1. The summed E-state index contributed by atoms with van der Waals surface area (Å²) < 4.78 is 0. The predicted molar refractivity (Wildman–Crippen MR) is 116 cm³/mol. The maximum Gasteiger partial charge on any atom is 0.251 e. The average molecular weight is 378 g/mol. The zero-order chi connectivity index (χ0) is 19.1. The Kier molecular flexibility index (Phi) is 4.75. The summed E-state index contributed by atoms with van der Waals surface area (Å²) in [5.74, 6) is 0. The molecule has 148 valence electrons. The van der Waals surface area contributed by atoms with Crippen molar-refractivity contribution in [3.63, 3.8) is 0 Å². The maximum absolute atomic E-state index is 12.7. The quantitative estimate of drug-likeness (QED) is 0.753. The van der Waals surface area contributed by atoms with Gasteiger partial charge in [-0.3, -0.25) is 9.69 Å². The third-order valence-corrected chi connectivity index (χ3v) is 6.96. The van der Waals surface area contributed by atoms with Crippen molar-refractivity contribution < 1.29 is 0 Å². The van der Waals surface area contributed by atoms with Gasteiger partial charge in [-0.05, 0) is 61.4 Å². The van der Waals surface area contributed by atoms with Crippen molar-refractivity contribution in [2.75, 3.05) is 37.6 Å². The Hall–Kier alpha value is -2.07. The number of anilines is 1. The number of hydrogen-bond acceptors (Lipinski definition) is 3. The van der Waals surface area contributed by atoms with Gasteiger partial charge in [0.15, 0.2) is 0 Å². The van der Waals surface area contributed by atoms with E-state index in [0.29, 0.717) is 0 Å². The van der Waals surface area contributed by atoms with Crippen LogP contribution in [0.1, 0.15) is 54.9 Å². The maximum atomic E-state index is 12.7. The second-order valence-electron chi connectivity index (χ2n) is 8.63. The molecule has 4 nitrogen and oxygen atoms in total. The lowest BCUT2D eigenvalue weighted by Gasteiger charge is -2.37. The second-order valence-corrected chi connectivity index (χ2v) is 8.63. The molecular weight excluding hydrogens is 346 g/mol. The first-order valence-corrected chi connectivity index (χ1v) is 11.1. The van der Waals surface area contributed by atoms with Crippen molar-refractivity contribution in [2.45, 2.75) is 51.9 Å². The topological polar surface area (TPSA) is 39.3 Å². The Balaban J connectivity index is 1.45. The first-order valence-electron chi connectivity index (χ1n) is 11.1. The van der Waals surface area contributed by atoms with Crippen LogP contribution in [0.3, 0.4) is 0 Å². The van der Waals surface area contributed by atoms with Crippen LogP contribution in [0.25, 0.3) is 11.3 Å². The molecule has 5 rings (SSSR count). The van der Waals surface area contributed by atoms with E-state index in [-0.39, 0.29) is 5.56 Å². The van der Waals surface area contributed by atoms with Crippen LogP contribution >= 0.6 is 0 Å². The summed E-state index contributed by atoms with van der Waals surface area (Å²) in [4.78, 5) is 21.1. The molecule has 1 saturated heterocycles. The molecule has 0 atom stereocenters. The van der Waals surface area contributed by atoms with Gasteiger partial charge in [0.1, 0.15) is 0 Å². The molecule has 0 amide bonds. The summed E-state index contributed by atoms with van der Waals surface area (Å²) in [7, 11) is 0. The third-order valence-electron chi connectivity index (χ3n) is 6.96. The van der Waals surface area contributed by atoms with Gasteiger partial charge in [0, 0.05) is 49.4 Å². The summed E-state index contributed by atoms with van der Waals surface area (Å²) in [5, 5.41) is 0. The van der Waals surface area contributed by atoms with Crippen LogP contribution in [-0.2, 0) is 19.3 Å². The highest BCUT2D eigenvalue weighted by atomic mass is 16.1. The minimum atomic E-state index is 0.149. The van der Waals surface area contributed by atoms with E-state index in [1.807, 2.05) is 0 Å². The van der Waals surface area contributed by atoms with E-state index in [2.05, 4.69) is 39.9 Å². The summed E-state index contributed by atoms with van der Waals surface area (Å²) in [5.41, 5.74) is 9.13. The fourth-order valence-corrected chi connectivity index (χ4v) is 5.39. The number of benzene rings is 1. The molecule has 4 heteroatoms. The Bertz CT molecular complexity index is 938. The van der Waals surface area contributed by atoms with Crippen molar-refractivity contribution in [2.24, 2.45) is 0 Å². The van der Waals surface area contributed by atoms with E-state index in [1.165, 1.54) is 53.7 Å². The Morgan fingerprint density at radius 2 is 1.75 bits per heavy atom. The molecule has 0 spiro atoms. The minimum Gasteiger partial charge on any atom is -0.369 e. The normalized spacial score (nSPS) is 18.7. The fraction of sp³-hybridized carbons (Fsp3) is 0.542. The molecule has 28 heavy (non-hydrogen) atoms. The van der Waals surface area contributed by atoms with Gasteiger partial charge in [0.25, 0.3) is 5.56 Å². The molecule has 0 saturated carbocycles. The van der Waals surface area contributed by atoms with Gasteiger partial charge in [0.2, 0.25) is 0 Å². The second kappa shape index (κ2) is 7.40. The molecule has 1 fully saturated rings. The van der Waals surface area contributed by atoms with Crippen LogP contribution in [-0.4, -0.2) is 42.6 Å². The van der Waals surface area contributed by atoms with Crippen molar-refractivity contribution in [3.05, 3.63) is 50.8 Å². The fourth-order valence-electron chi connectivity index (χ4n) is 5.39. The number of hydrogen-bond donors (Lipinski definition) is 1. The predicted octanol–water partition coefficient (Wildman–Crippen LogP) is 3.75. The first-order chi connectivity index (χ1) is 13.8. The molecule has 2 aliphatic carbocycles. The van der Waals surface area contributed by atoms with Crippen LogP contribution in [0.2, 0.25) is 0 Å². The van der Waals surface area contributed by atoms with Gasteiger partial charge >= 0.3 is 0 Å². The Morgan fingerprint density at radius 1 is 0.964 bits per heavy atom. The summed E-state index contributed by atoms with van der Waals surface area (Å²) in [6.07, 6.45) is 7.93. The molecule has 3 aliphatic rings. The number of H-pyrrole nitrogens is 1. The Morgan fingerprint density at radius 3 is 2.54 bits per heavy atom. The monoisotopic (exact) mass is 377 g/mol. The largest absolute Gasteiger partial charge is 0.369 e. The molecular formula is C24H31N3O. The number of aromatic nitrogens is 1. The zero-order valence-corrected chi connectivity index (χ0v) is 17.0. The molecule has 2 heterocycles. The molecule has 1 aliphatic heterocycles. The molecule has 1 aromatic carbocycles. The number of pyridine rings is 1. The smallest absolute Gasteiger partial charge is 0.251 e. The highest BCUT2D eigenvalue weighted by Crippen LogP contribution is 2.42. The van der Waals surface area contributed by atoms with E-state index in [0.717, 1.165) is 63.1 Å². The lowest BCUT2D eigenvalue weighted by atomic mass is 9.88. The van der Waals surface area contributed by atoms with Crippen LogP contribution in [0.15, 0.2) is 23.0 Å². The molecule has 2 aromatic rings. The van der Waals surface area contributed by atoms with Crippen molar-refractivity contribution in [3.8, 4) is 11.3 Å². The summed E-state index contributed by atoms with van der Waals surface area (Å²) in [6.45, 7) is 8.02. The van der Waals surface area contributed by atoms with E-state index in [9.17, 15) is 4.79 Å². The number of aromatic amines is 1. The molecule has 1 N–H and O–H groups in total. The minimum absolute atomic E-state index is 0.149. The van der Waals surface area contributed by atoms with Crippen molar-refractivity contribution in [1.82, 2.24) is 9.88 Å². The summed E-state index contributed by atoms with van der Waals surface area (Å²) in [6, 6.07) is 6.66. The molecule has 1 aromatic heterocycles. The zero-order valence-electron chi connectivity index (χ0n) is 17.0. The lowest BCUT2D eigenvalue weighted by Crippen LogP contribution is -2.46. The molecule has 0 bridgehead atoms.